The van der Waals surface area contributed by atoms with Crippen molar-refractivity contribution < 1.29 is 22.6 Å². The summed E-state index contributed by atoms with van der Waals surface area (Å²) in [4.78, 5) is 4.76. The maximum absolute atomic E-state index is 14.2. The van der Waals surface area contributed by atoms with Crippen LogP contribution in [0.1, 0.15) is 11.1 Å². The molecule has 204 valence electrons. The van der Waals surface area contributed by atoms with E-state index in [-0.39, 0.29) is 4.90 Å². The second-order valence-corrected chi connectivity index (χ2v) is 11.2. The molecule has 0 fully saturated rings. The third-order valence-electron chi connectivity index (χ3n) is 6.88. The lowest BCUT2D eigenvalue weighted by Gasteiger charge is -2.12. The van der Waals surface area contributed by atoms with Crippen LogP contribution in [0.2, 0.25) is 0 Å². The molecular formula is C29H32N4O5S. The van der Waals surface area contributed by atoms with Crippen LogP contribution in [0, 0.1) is 6.92 Å². The number of fused-ring (bicyclic) bond motifs is 2. The Morgan fingerprint density at radius 1 is 0.949 bits per heavy atom. The molecule has 5 aromatic rings. The zero-order valence-electron chi connectivity index (χ0n) is 22.7. The van der Waals surface area contributed by atoms with Crippen molar-refractivity contribution in [2.75, 3.05) is 34.5 Å². The van der Waals surface area contributed by atoms with Crippen LogP contribution in [0.4, 0.5) is 0 Å². The minimum Gasteiger partial charge on any atom is -0.493 e. The first kappa shape index (κ1) is 26.7. The number of aryl methyl sites for hydroxylation is 2. The summed E-state index contributed by atoms with van der Waals surface area (Å²) in [7, 11) is 2.74. The van der Waals surface area contributed by atoms with Gasteiger partial charge in [0.25, 0.3) is 10.0 Å². The Bertz CT molecular complexity index is 1750. The van der Waals surface area contributed by atoms with E-state index in [1.54, 1.807) is 51.8 Å². The van der Waals surface area contributed by atoms with Gasteiger partial charge in [0.1, 0.15) is 0 Å². The monoisotopic (exact) mass is 548 g/mol. The second-order valence-electron chi connectivity index (χ2n) is 9.37. The second kappa shape index (κ2) is 10.7. The van der Waals surface area contributed by atoms with E-state index >= 15 is 0 Å². The number of rotatable bonds is 10. The van der Waals surface area contributed by atoms with Gasteiger partial charge in [-0.05, 0) is 42.8 Å². The van der Waals surface area contributed by atoms with Gasteiger partial charge < -0.3 is 24.1 Å². The largest absolute Gasteiger partial charge is 0.493 e. The van der Waals surface area contributed by atoms with Crippen LogP contribution in [-0.2, 0) is 28.4 Å². The number of aromatic nitrogens is 3. The van der Waals surface area contributed by atoms with E-state index in [0.29, 0.717) is 42.5 Å². The highest BCUT2D eigenvalue weighted by Crippen LogP contribution is 2.41. The van der Waals surface area contributed by atoms with E-state index in [9.17, 15) is 8.42 Å². The van der Waals surface area contributed by atoms with Gasteiger partial charge in [0.2, 0.25) is 0 Å². The summed E-state index contributed by atoms with van der Waals surface area (Å²) in [6.07, 6.45) is 3.58. The first-order valence-electron chi connectivity index (χ1n) is 12.5. The normalized spacial score (nSPS) is 11.9. The number of nitrogens with one attached hydrogen (secondary N) is 1. The highest BCUT2D eigenvalue weighted by Gasteiger charge is 2.27. The minimum absolute atomic E-state index is 0.191. The number of nitrogens with zero attached hydrogens (tertiary/aromatic N) is 3. The van der Waals surface area contributed by atoms with Crippen LogP contribution >= 0.6 is 0 Å². The smallest absolute Gasteiger partial charge is 0.269 e. The summed E-state index contributed by atoms with van der Waals surface area (Å²) in [5.41, 5.74) is 4.41. The maximum Gasteiger partial charge on any atom is 0.269 e. The molecular weight excluding hydrogens is 516 g/mol. The van der Waals surface area contributed by atoms with Crippen LogP contribution in [-0.4, -0.2) is 56.4 Å². The molecule has 0 unspecified atom stereocenters. The molecule has 9 nitrogen and oxygen atoms in total. The van der Waals surface area contributed by atoms with Crippen LogP contribution < -0.4 is 14.8 Å². The van der Waals surface area contributed by atoms with Crippen molar-refractivity contribution in [3.8, 4) is 22.8 Å². The fourth-order valence-corrected chi connectivity index (χ4v) is 6.31. The average molecular weight is 549 g/mol. The number of methoxy groups -OCH3 is 3. The van der Waals surface area contributed by atoms with Gasteiger partial charge in [0, 0.05) is 62.0 Å². The Morgan fingerprint density at radius 2 is 1.67 bits per heavy atom. The Kier molecular flexibility index (Phi) is 7.35. The Hall–Kier alpha value is -3.86. The number of pyridine rings is 1. The molecule has 5 rings (SSSR count). The van der Waals surface area contributed by atoms with Crippen molar-refractivity contribution in [3.05, 3.63) is 72.1 Å². The molecule has 0 saturated heterocycles. The van der Waals surface area contributed by atoms with Gasteiger partial charge in [-0.15, -0.1) is 0 Å². The SMILES string of the molecule is COCCNCc1ccnc2c1cc(-c1cn(C)c3cc(OC)c(OC)cc13)n2S(=O)(=O)c1ccc(C)cc1. The zero-order valence-corrected chi connectivity index (χ0v) is 23.5. The summed E-state index contributed by atoms with van der Waals surface area (Å²) in [6, 6.07) is 14.4. The highest BCUT2D eigenvalue weighted by atomic mass is 32.2. The van der Waals surface area contributed by atoms with Crippen molar-refractivity contribution >= 4 is 32.0 Å². The fraction of sp³-hybridized carbons (Fsp3) is 0.276. The van der Waals surface area contributed by atoms with E-state index in [0.717, 1.165) is 33.0 Å². The van der Waals surface area contributed by atoms with Gasteiger partial charge in [-0.25, -0.2) is 17.4 Å². The van der Waals surface area contributed by atoms with Crippen molar-refractivity contribution in [2.24, 2.45) is 7.05 Å². The maximum atomic E-state index is 14.2. The molecule has 2 aromatic carbocycles. The zero-order chi connectivity index (χ0) is 27.7. The van der Waals surface area contributed by atoms with Crippen molar-refractivity contribution in [1.29, 1.82) is 0 Å². The fourth-order valence-electron chi connectivity index (χ4n) is 4.84. The van der Waals surface area contributed by atoms with E-state index in [1.165, 1.54) is 3.97 Å². The summed E-state index contributed by atoms with van der Waals surface area (Å²) in [6.45, 7) is 3.70. The molecule has 0 aliphatic rings. The van der Waals surface area contributed by atoms with Gasteiger partial charge >= 0.3 is 0 Å². The molecule has 0 bridgehead atoms. The van der Waals surface area contributed by atoms with Crippen molar-refractivity contribution in [2.45, 2.75) is 18.4 Å². The molecule has 0 spiro atoms. The molecule has 3 heterocycles. The molecule has 39 heavy (non-hydrogen) atoms. The van der Waals surface area contributed by atoms with Gasteiger partial charge in [-0.3, -0.25) is 0 Å². The molecule has 0 aliphatic heterocycles. The summed E-state index contributed by atoms with van der Waals surface area (Å²) < 4.78 is 48.0. The van der Waals surface area contributed by atoms with Crippen LogP contribution in [0.25, 0.3) is 33.2 Å². The minimum atomic E-state index is -4.00. The number of hydrogen-bond acceptors (Lipinski definition) is 7. The van der Waals surface area contributed by atoms with Crippen molar-refractivity contribution in [1.82, 2.24) is 18.8 Å². The van der Waals surface area contributed by atoms with Crippen LogP contribution in [0.15, 0.2) is 65.8 Å². The van der Waals surface area contributed by atoms with E-state index in [4.69, 9.17) is 14.2 Å². The van der Waals surface area contributed by atoms with E-state index in [2.05, 4.69) is 10.3 Å². The van der Waals surface area contributed by atoms with Gasteiger partial charge in [0.05, 0.1) is 36.9 Å². The molecule has 0 amide bonds. The van der Waals surface area contributed by atoms with Gasteiger partial charge in [-0.2, -0.15) is 0 Å². The molecule has 0 saturated carbocycles. The third kappa shape index (κ3) is 4.75. The number of benzene rings is 2. The lowest BCUT2D eigenvalue weighted by atomic mass is 10.1. The lowest BCUT2D eigenvalue weighted by Crippen LogP contribution is -2.19. The molecule has 0 atom stereocenters. The summed E-state index contributed by atoms with van der Waals surface area (Å²) >= 11 is 0. The van der Waals surface area contributed by atoms with E-state index < -0.39 is 10.0 Å². The Labute approximate surface area is 228 Å². The predicted octanol–water partition coefficient (Wildman–Crippen LogP) is 4.49. The Morgan fingerprint density at radius 3 is 2.36 bits per heavy atom. The topological polar surface area (TPSA) is 96.6 Å². The Balaban J connectivity index is 1.80. The van der Waals surface area contributed by atoms with Crippen molar-refractivity contribution in [3.63, 3.8) is 0 Å². The van der Waals surface area contributed by atoms with E-state index in [1.807, 2.05) is 49.0 Å². The van der Waals surface area contributed by atoms with Gasteiger partial charge in [0.15, 0.2) is 17.1 Å². The van der Waals surface area contributed by atoms with Crippen LogP contribution in [0.3, 0.4) is 0 Å². The quantitative estimate of drug-likeness (QED) is 0.257. The first-order valence-corrected chi connectivity index (χ1v) is 14.0. The summed E-state index contributed by atoms with van der Waals surface area (Å²) in [5, 5.41) is 4.94. The highest BCUT2D eigenvalue weighted by molar-refractivity contribution is 7.90. The number of ether oxygens (including phenoxy) is 3. The summed E-state index contributed by atoms with van der Waals surface area (Å²) in [5.74, 6) is 1.15. The molecule has 3 aromatic heterocycles. The molecule has 0 radical (unpaired) electrons. The standard InChI is InChI=1S/C29H32N4O5S/c1-19-6-8-21(9-7-19)39(34,35)33-26(14-22-20(10-11-31-29(22)33)17-30-12-13-36-3)24-18-32(2)25-16-28(38-5)27(37-4)15-23(24)25/h6-11,14-16,18,30H,12-13,17H2,1-5H3. The van der Waals surface area contributed by atoms with Gasteiger partial charge in [-0.1, -0.05) is 17.7 Å². The molecule has 1 N–H and O–H groups in total. The average Bonchev–Trinajstić information content (AvgIpc) is 3.48. The lowest BCUT2D eigenvalue weighted by molar-refractivity contribution is 0.199. The number of hydrogen-bond donors (Lipinski definition) is 1. The van der Waals surface area contributed by atoms with Crippen LogP contribution in [0.5, 0.6) is 11.5 Å². The molecule has 10 heteroatoms. The predicted molar refractivity (Wildman–Crippen MR) is 152 cm³/mol. The molecule has 0 aliphatic carbocycles. The third-order valence-corrected chi connectivity index (χ3v) is 8.60. The first-order chi connectivity index (χ1) is 18.8.